The predicted octanol–water partition coefficient (Wildman–Crippen LogP) is 4.31. The fourth-order valence-electron chi connectivity index (χ4n) is 3.45. The molecular formula is C21H34ClIN4O2S. The normalized spacial score (nSPS) is 20.0. The topological polar surface area (TPSA) is 82.6 Å². The molecule has 0 saturated heterocycles. The van der Waals surface area contributed by atoms with Crippen molar-refractivity contribution in [2.24, 2.45) is 4.99 Å². The molecule has 0 radical (unpaired) electrons. The van der Waals surface area contributed by atoms with Crippen LogP contribution in [0, 0.1) is 0 Å². The van der Waals surface area contributed by atoms with Gasteiger partial charge < -0.3 is 16.0 Å². The lowest BCUT2D eigenvalue weighted by Gasteiger charge is -2.30. The van der Waals surface area contributed by atoms with E-state index < -0.39 is 10.8 Å². The van der Waals surface area contributed by atoms with E-state index in [1.54, 1.807) is 24.3 Å². The van der Waals surface area contributed by atoms with Crippen molar-refractivity contribution in [1.82, 2.24) is 10.6 Å². The van der Waals surface area contributed by atoms with Crippen molar-refractivity contribution in [3.8, 4) is 0 Å². The summed E-state index contributed by atoms with van der Waals surface area (Å²) >= 11 is 5.85. The molecular weight excluding hydrogens is 535 g/mol. The molecule has 0 aliphatic heterocycles. The Labute approximate surface area is 204 Å². The number of amides is 1. The summed E-state index contributed by atoms with van der Waals surface area (Å²) < 4.78 is 12.1. The minimum Gasteiger partial charge on any atom is -0.357 e. The number of rotatable bonds is 9. The number of carbonyl (C=O) groups is 1. The van der Waals surface area contributed by atoms with Crippen LogP contribution in [0.4, 0.5) is 5.69 Å². The summed E-state index contributed by atoms with van der Waals surface area (Å²) in [5.74, 6) is 1.47. The van der Waals surface area contributed by atoms with Crippen LogP contribution in [-0.2, 0) is 15.6 Å². The third-order valence-electron chi connectivity index (χ3n) is 4.93. The monoisotopic (exact) mass is 568 g/mol. The molecule has 1 amide bonds. The minimum atomic E-state index is -0.735. The first-order valence-electron chi connectivity index (χ1n) is 10.5. The van der Waals surface area contributed by atoms with Crippen LogP contribution in [0.15, 0.2) is 29.3 Å². The highest BCUT2D eigenvalue weighted by Crippen LogP contribution is 2.23. The molecule has 1 aromatic carbocycles. The van der Waals surface area contributed by atoms with Crippen LogP contribution in [0.2, 0.25) is 5.02 Å². The van der Waals surface area contributed by atoms with Crippen LogP contribution in [0.1, 0.15) is 52.4 Å². The van der Waals surface area contributed by atoms with Gasteiger partial charge in [-0.25, -0.2) is 0 Å². The maximum atomic E-state index is 12.1. The van der Waals surface area contributed by atoms with Gasteiger partial charge in [0, 0.05) is 58.1 Å². The third kappa shape index (κ3) is 9.96. The van der Waals surface area contributed by atoms with Crippen LogP contribution in [0.5, 0.6) is 0 Å². The highest BCUT2D eigenvalue weighted by Gasteiger charge is 2.26. The number of carbonyl (C=O) groups excluding carboxylic acids is 1. The predicted molar refractivity (Wildman–Crippen MR) is 139 cm³/mol. The molecule has 0 heterocycles. The van der Waals surface area contributed by atoms with Crippen molar-refractivity contribution in [1.29, 1.82) is 0 Å². The van der Waals surface area contributed by atoms with Crippen molar-refractivity contribution in [2.45, 2.75) is 63.7 Å². The fraction of sp³-hybridized carbons (Fsp3) is 0.619. The number of aliphatic imine (C=N–C) groups is 1. The molecule has 1 saturated carbocycles. The zero-order valence-electron chi connectivity index (χ0n) is 17.8. The Morgan fingerprint density at radius 1 is 1.23 bits per heavy atom. The Morgan fingerprint density at radius 3 is 2.63 bits per heavy atom. The van der Waals surface area contributed by atoms with Crippen molar-refractivity contribution >= 4 is 63.9 Å². The summed E-state index contributed by atoms with van der Waals surface area (Å²) in [5, 5.41) is 10.6. The lowest BCUT2D eigenvalue weighted by Crippen LogP contribution is -2.46. The molecule has 3 N–H and O–H groups in total. The van der Waals surface area contributed by atoms with Gasteiger partial charge in [0.2, 0.25) is 5.91 Å². The SMILES string of the molecule is CCNC(=NCCCC(=O)Nc1ccc(Cl)cc1)NC1CCCC(S(=O)CC)C1.I. The molecule has 1 aromatic rings. The Morgan fingerprint density at radius 2 is 1.97 bits per heavy atom. The highest BCUT2D eigenvalue weighted by atomic mass is 127. The lowest BCUT2D eigenvalue weighted by molar-refractivity contribution is -0.116. The average molecular weight is 569 g/mol. The summed E-state index contributed by atoms with van der Waals surface area (Å²) in [4.78, 5) is 16.7. The van der Waals surface area contributed by atoms with Crippen LogP contribution in [0.3, 0.4) is 0 Å². The molecule has 30 heavy (non-hydrogen) atoms. The molecule has 1 aliphatic carbocycles. The van der Waals surface area contributed by atoms with E-state index in [0.717, 1.165) is 49.6 Å². The minimum absolute atomic E-state index is 0. The van der Waals surface area contributed by atoms with E-state index in [-0.39, 0.29) is 35.1 Å². The number of hydrogen-bond acceptors (Lipinski definition) is 3. The second-order valence-corrected chi connectivity index (χ2v) is 9.66. The van der Waals surface area contributed by atoms with Gasteiger partial charge in [-0.15, -0.1) is 24.0 Å². The van der Waals surface area contributed by atoms with E-state index in [0.29, 0.717) is 30.5 Å². The van der Waals surface area contributed by atoms with Gasteiger partial charge in [0.25, 0.3) is 0 Å². The number of benzene rings is 1. The van der Waals surface area contributed by atoms with Gasteiger partial charge in [0.05, 0.1) is 0 Å². The average Bonchev–Trinajstić information content (AvgIpc) is 2.72. The molecule has 1 fully saturated rings. The van der Waals surface area contributed by atoms with Gasteiger partial charge in [0.15, 0.2) is 5.96 Å². The van der Waals surface area contributed by atoms with Crippen LogP contribution >= 0.6 is 35.6 Å². The zero-order valence-corrected chi connectivity index (χ0v) is 21.7. The van der Waals surface area contributed by atoms with E-state index in [1.165, 1.54) is 0 Å². The van der Waals surface area contributed by atoms with Crippen LogP contribution < -0.4 is 16.0 Å². The summed E-state index contributed by atoms with van der Waals surface area (Å²) in [7, 11) is -0.735. The van der Waals surface area contributed by atoms with Gasteiger partial charge in [-0.05, 0) is 56.9 Å². The maximum absolute atomic E-state index is 12.1. The first-order chi connectivity index (χ1) is 14.0. The van der Waals surface area contributed by atoms with Crippen molar-refractivity contribution in [2.75, 3.05) is 24.2 Å². The number of halogens is 2. The molecule has 1 aliphatic rings. The number of hydrogen-bond donors (Lipinski definition) is 3. The Bertz CT molecular complexity index is 703. The maximum Gasteiger partial charge on any atom is 0.224 e. The Balaban J connectivity index is 0.00000450. The molecule has 3 unspecified atom stereocenters. The number of guanidine groups is 1. The van der Waals surface area contributed by atoms with E-state index in [1.807, 2.05) is 13.8 Å². The van der Waals surface area contributed by atoms with E-state index in [2.05, 4.69) is 20.9 Å². The van der Waals surface area contributed by atoms with Crippen molar-refractivity contribution in [3.05, 3.63) is 29.3 Å². The van der Waals surface area contributed by atoms with Crippen molar-refractivity contribution < 1.29 is 9.00 Å². The quantitative estimate of drug-likeness (QED) is 0.179. The number of nitrogens with one attached hydrogen (secondary N) is 3. The molecule has 0 bridgehead atoms. The molecule has 0 aromatic heterocycles. The second kappa shape index (κ2) is 15.0. The molecule has 9 heteroatoms. The highest BCUT2D eigenvalue weighted by molar-refractivity contribution is 14.0. The first kappa shape index (κ1) is 27.2. The number of anilines is 1. The van der Waals surface area contributed by atoms with Gasteiger partial charge >= 0.3 is 0 Å². The third-order valence-corrected chi connectivity index (χ3v) is 6.92. The molecule has 0 spiro atoms. The summed E-state index contributed by atoms with van der Waals surface area (Å²) in [6.45, 7) is 5.37. The van der Waals surface area contributed by atoms with E-state index >= 15 is 0 Å². The lowest BCUT2D eigenvalue weighted by atomic mass is 9.95. The van der Waals surface area contributed by atoms with E-state index in [9.17, 15) is 9.00 Å². The fourth-order valence-corrected chi connectivity index (χ4v) is 4.92. The molecule has 170 valence electrons. The number of nitrogens with zero attached hydrogens (tertiary/aromatic N) is 1. The van der Waals surface area contributed by atoms with Gasteiger partial charge in [-0.2, -0.15) is 0 Å². The van der Waals surface area contributed by atoms with E-state index in [4.69, 9.17) is 11.6 Å². The summed E-state index contributed by atoms with van der Waals surface area (Å²) in [6.07, 6.45) is 5.22. The van der Waals surface area contributed by atoms with Crippen LogP contribution in [0.25, 0.3) is 0 Å². The zero-order chi connectivity index (χ0) is 21.1. The molecule has 3 atom stereocenters. The van der Waals surface area contributed by atoms with Gasteiger partial charge in [-0.3, -0.25) is 14.0 Å². The largest absolute Gasteiger partial charge is 0.357 e. The van der Waals surface area contributed by atoms with Crippen molar-refractivity contribution in [3.63, 3.8) is 0 Å². The summed E-state index contributed by atoms with van der Waals surface area (Å²) in [6, 6.07) is 7.38. The second-order valence-electron chi connectivity index (χ2n) is 7.22. The smallest absolute Gasteiger partial charge is 0.224 e. The van der Waals surface area contributed by atoms with Gasteiger partial charge in [0.1, 0.15) is 0 Å². The Hall–Kier alpha value is -0.870. The van der Waals surface area contributed by atoms with Gasteiger partial charge in [-0.1, -0.05) is 24.9 Å². The molecule has 6 nitrogen and oxygen atoms in total. The van der Waals surface area contributed by atoms with Crippen LogP contribution in [-0.4, -0.2) is 46.2 Å². The summed E-state index contributed by atoms with van der Waals surface area (Å²) in [5.41, 5.74) is 0.745. The molecule has 2 rings (SSSR count). The first-order valence-corrected chi connectivity index (χ1v) is 12.2. The Kier molecular flexibility index (Phi) is 13.6. The standard InChI is InChI=1S/C21H33ClN4O2S.HI/c1-3-23-21(26-18-7-5-8-19(15-18)29(28)4-2)24-14-6-9-20(27)25-17-12-10-16(22)11-13-17;/h10-13,18-19H,3-9,14-15H2,1-2H3,(H,25,27)(H2,23,24,26);1H.